The first kappa shape index (κ1) is 14.4. The molecule has 6 heteroatoms. The molecule has 1 aromatic carbocycles. The lowest BCUT2D eigenvalue weighted by Gasteiger charge is -2.03. The highest BCUT2D eigenvalue weighted by molar-refractivity contribution is 7.86. The molecule has 0 aliphatic rings. The molecule has 5 nitrogen and oxygen atoms in total. The maximum atomic E-state index is 11.7. The third kappa shape index (κ3) is 4.31. The summed E-state index contributed by atoms with van der Waals surface area (Å²) in [5, 5.41) is 8.59. The molecule has 0 bridgehead atoms. The van der Waals surface area contributed by atoms with Crippen LogP contribution in [0.3, 0.4) is 0 Å². The standard InChI is InChI=1S/C12H14O5S/c1-10(12(13)14)6-5-9-17-18(15,16)11-7-3-2-4-8-11/h2-4,6-8H,5,9H2,1H3,(H,13,14). The smallest absolute Gasteiger partial charge is 0.330 e. The van der Waals surface area contributed by atoms with Crippen LogP contribution in [0.4, 0.5) is 0 Å². The summed E-state index contributed by atoms with van der Waals surface area (Å²) in [6.45, 7) is 1.36. The van der Waals surface area contributed by atoms with E-state index >= 15 is 0 Å². The van der Waals surface area contributed by atoms with Crippen LogP contribution in [0.25, 0.3) is 0 Å². The number of benzene rings is 1. The minimum absolute atomic E-state index is 0.0815. The Bertz CT molecular complexity index is 531. The molecule has 0 aliphatic heterocycles. The maximum absolute atomic E-state index is 11.7. The van der Waals surface area contributed by atoms with E-state index in [1.807, 2.05) is 0 Å². The summed E-state index contributed by atoms with van der Waals surface area (Å²) in [5.74, 6) is -1.03. The highest BCUT2D eigenvalue weighted by Gasteiger charge is 2.13. The van der Waals surface area contributed by atoms with Crippen molar-refractivity contribution in [1.29, 1.82) is 0 Å². The molecule has 0 spiro atoms. The van der Waals surface area contributed by atoms with Crippen LogP contribution >= 0.6 is 0 Å². The zero-order valence-electron chi connectivity index (χ0n) is 9.87. The zero-order chi connectivity index (χ0) is 13.6. The van der Waals surface area contributed by atoms with Gasteiger partial charge in [0.2, 0.25) is 0 Å². The van der Waals surface area contributed by atoms with E-state index in [1.54, 1.807) is 18.2 Å². The quantitative estimate of drug-likeness (QED) is 0.484. The van der Waals surface area contributed by atoms with E-state index < -0.39 is 16.1 Å². The van der Waals surface area contributed by atoms with Crippen molar-refractivity contribution in [2.24, 2.45) is 0 Å². The van der Waals surface area contributed by atoms with Gasteiger partial charge in [-0.15, -0.1) is 0 Å². The monoisotopic (exact) mass is 270 g/mol. The van der Waals surface area contributed by atoms with Crippen molar-refractivity contribution in [3.05, 3.63) is 42.0 Å². The second kappa shape index (κ2) is 6.32. The Morgan fingerprint density at radius 1 is 1.33 bits per heavy atom. The van der Waals surface area contributed by atoms with Crippen molar-refractivity contribution < 1.29 is 22.5 Å². The first-order chi connectivity index (χ1) is 8.43. The molecule has 0 fully saturated rings. The predicted molar refractivity (Wildman–Crippen MR) is 65.6 cm³/mol. The van der Waals surface area contributed by atoms with Gasteiger partial charge in [-0.3, -0.25) is 4.18 Å². The van der Waals surface area contributed by atoms with Crippen LogP contribution in [0.15, 0.2) is 46.9 Å². The molecule has 1 aromatic rings. The second-order valence-corrected chi connectivity index (χ2v) is 5.19. The number of aliphatic carboxylic acids is 1. The molecular formula is C12H14O5S. The van der Waals surface area contributed by atoms with E-state index in [0.29, 0.717) is 0 Å². The molecule has 0 saturated heterocycles. The van der Waals surface area contributed by atoms with Crippen molar-refractivity contribution >= 4 is 16.1 Å². The third-order valence-electron chi connectivity index (χ3n) is 2.18. The minimum atomic E-state index is -3.76. The molecule has 0 aliphatic carbocycles. The van der Waals surface area contributed by atoms with E-state index in [4.69, 9.17) is 9.29 Å². The zero-order valence-corrected chi connectivity index (χ0v) is 10.7. The topological polar surface area (TPSA) is 80.7 Å². The van der Waals surface area contributed by atoms with Crippen LogP contribution in [0.5, 0.6) is 0 Å². The van der Waals surface area contributed by atoms with Crippen molar-refractivity contribution in [3.8, 4) is 0 Å². The maximum Gasteiger partial charge on any atom is 0.330 e. The molecule has 98 valence electrons. The van der Waals surface area contributed by atoms with Gasteiger partial charge in [-0.25, -0.2) is 4.79 Å². The lowest BCUT2D eigenvalue weighted by Crippen LogP contribution is -2.07. The Morgan fingerprint density at radius 3 is 2.50 bits per heavy atom. The highest BCUT2D eigenvalue weighted by Crippen LogP contribution is 2.11. The van der Waals surface area contributed by atoms with Crippen molar-refractivity contribution in [2.75, 3.05) is 6.61 Å². The van der Waals surface area contributed by atoms with Gasteiger partial charge in [0.05, 0.1) is 11.5 Å². The number of hydrogen-bond donors (Lipinski definition) is 1. The van der Waals surface area contributed by atoms with E-state index in [2.05, 4.69) is 0 Å². The fourth-order valence-corrected chi connectivity index (χ4v) is 2.12. The van der Waals surface area contributed by atoms with Crippen LogP contribution in [0.2, 0.25) is 0 Å². The molecule has 0 aromatic heterocycles. The molecule has 0 atom stereocenters. The van der Waals surface area contributed by atoms with Gasteiger partial charge in [0, 0.05) is 5.57 Å². The van der Waals surface area contributed by atoms with Crippen LogP contribution in [-0.2, 0) is 19.1 Å². The predicted octanol–water partition coefficient (Wildman–Crippen LogP) is 1.81. The average molecular weight is 270 g/mol. The molecule has 0 amide bonds. The summed E-state index contributed by atoms with van der Waals surface area (Å²) in [6.07, 6.45) is 1.65. The Labute approximate surface area is 106 Å². The minimum Gasteiger partial charge on any atom is -0.478 e. The van der Waals surface area contributed by atoms with Gasteiger partial charge >= 0.3 is 5.97 Å². The lowest BCUT2D eigenvalue weighted by molar-refractivity contribution is -0.132. The van der Waals surface area contributed by atoms with Gasteiger partial charge in [0.15, 0.2) is 0 Å². The summed E-state index contributed by atoms with van der Waals surface area (Å²) in [7, 11) is -3.76. The van der Waals surface area contributed by atoms with Gasteiger partial charge < -0.3 is 5.11 Å². The number of hydrogen-bond acceptors (Lipinski definition) is 4. The Kier molecular flexibility index (Phi) is 5.06. The summed E-state index contributed by atoms with van der Waals surface area (Å²) in [4.78, 5) is 10.6. The summed E-state index contributed by atoms with van der Waals surface area (Å²) < 4.78 is 28.1. The fourth-order valence-electron chi connectivity index (χ4n) is 1.18. The molecule has 0 radical (unpaired) electrons. The highest BCUT2D eigenvalue weighted by atomic mass is 32.2. The average Bonchev–Trinajstić information content (AvgIpc) is 2.35. The Morgan fingerprint density at radius 2 is 1.94 bits per heavy atom. The first-order valence-corrected chi connectivity index (χ1v) is 6.69. The number of carbonyl (C=O) groups is 1. The van der Waals surface area contributed by atoms with Gasteiger partial charge in [-0.2, -0.15) is 8.42 Å². The van der Waals surface area contributed by atoms with Crippen LogP contribution in [0, 0.1) is 0 Å². The van der Waals surface area contributed by atoms with Crippen molar-refractivity contribution in [1.82, 2.24) is 0 Å². The van der Waals surface area contributed by atoms with Crippen LogP contribution < -0.4 is 0 Å². The molecule has 1 rings (SSSR count). The third-order valence-corrected chi connectivity index (χ3v) is 3.50. The van der Waals surface area contributed by atoms with Gasteiger partial charge in [0.1, 0.15) is 0 Å². The Balaban J connectivity index is 2.55. The number of carboxylic acids is 1. The van der Waals surface area contributed by atoms with Crippen LogP contribution in [-0.4, -0.2) is 26.1 Å². The van der Waals surface area contributed by atoms with E-state index in [9.17, 15) is 13.2 Å². The van der Waals surface area contributed by atoms with Gasteiger partial charge in [-0.05, 0) is 25.5 Å². The molecule has 0 heterocycles. The van der Waals surface area contributed by atoms with Crippen molar-refractivity contribution in [2.45, 2.75) is 18.2 Å². The fraction of sp³-hybridized carbons (Fsp3) is 0.250. The van der Waals surface area contributed by atoms with E-state index in [0.717, 1.165) is 0 Å². The summed E-state index contributed by atoms with van der Waals surface area (Å²) in [6, 6.07) is 7.79. The number of carboxylic acid groups (broad SMARTS) is 1. The first-order valence-electron chi connectivity index (χ1n) is 5.28. The van der Waals surface area contributed by atoms with E-state index in [1.165, 1.54) is 25.1 Å². The van der Waals surface area contributed by atoms with Crippen LogP contribution in [0.1, 0.15) is 13.3 Å². The molecular weight excluding hydrogens is 256 g/mol. The molecule has 18 heavy (non-hydrogen) atoms. The normalized spacial score (nSPS) is 12.4. The second-order valence-electron chi connectivity index (χ2n) is 3.57. The number of rotatable bonds is 6. The largest absolute Gasteiger partial charge is 0.478 e. The molecule has 1 N–H and O–H groups in total. The SMILES string of the molecule is CC(=CCCOS(=O)(=O)c1ccccc1)C(=O)O. The van der Waals surface area contributed by atoms with Gasteiger partial charge in [0.25, 0.3) is 10.1 Å². The summed E-state index contributed by atoms with van der Waals surface area (Å²) >= 11 is 0. The van der Waals surface area contributed by atoms with E-state index in [-0.39, 0.29) is 23.5 Å². The van der Waals surface area contributed by atoms with Crippen molar-refractivity contribution in [3.63, 3.8) is 0 Å². The molecule has 0 saturated carbocycles. The summed E-state index contributed by atoms with van der Waals surface area (Å²) in [5.41, 5.74) is 0.163. The lowest BCUT2D eigenvalue weighted by atomic mass is 10.2. The molecule has 0 unspecified atom stereocenters. The Hall–Kier alpha value is -1.66. The van der Waals surface area contributed by atoms with Gasteiger partial charge in [-0.1, -0.05) is 24.3 Å².